The fourth-order valence-electron chi connectivity index (χ4n) is 5.08. The second-order valence-corrected chi connectivity index (χ2v) is 10.9. The number of carbonyl (C=O) groups is 1. The summed E-state index contributed by atoms with van der Waals surface area (Å²) in [7, 11) is -1.90. The number of carbonyl (C=O) groups excluding carboxylic acids is 1. The number of fused-ring (bicyclic) bond motifs is 2. The van der Waals surface area contributed by atoms with Crippen LogP contribution in [-0.2, 0) is 14.8 Å². The number of anilines is 1. The molecule has 8 heteroatoms. The second-order valence-electron chi connectivity index (χ2n) is 9.19. The van der Waals surface area contributed by atoms with E-state index in [0.717, 1.165) is 30.5 Å². The Hall–Kier alpha value is -3.23. The first-order chi connectivity index (χ1) is 16.4. The predicted molar refractivity (Wildman–Crippen MR) is 132 cm³/mol. The Balaban J connectivity index is 1.21. The molecule has 176 valence electrons. The topological polar surface area (TPSA) is 84.3 Å². The Labute approximate surface area is 200 Å². The lowest BCUT2D eigenvalue weighted by atomic mass is 9.96. The van der Waals surface area contributed by atoms with E-state index in [1.165, 1.54) is 17.4 Å². The lowest BCUT2D eigenvalue weighted by Crippen LogP contribution is -2.38. The maximum atomic E-state index is 12.8. The van der Waals surface area contributed by atoms with Crippen LogP contribution in [0.25, 0.3) is 11.8 Å². The molecule has 1 heterocycles. The summed E-state index contributed by atoms with van der Waals surface area (Å²) in [5.41, 5.74) is 2.52. The van der Waals surface area contributed by atoms with E-state index in [2.05, 4.69) is 9.71 Å². The fourth-order valence-corrected chi connectivity index (χ4v) is 6.40. The number of nitrogens with one attached hydrogen (secondary N) is 1. The number of rotatable bonds is 7. The molecule has 1 aromatic heterocycles. The van der Waals surface area contributed by atoms with Crippen LogP contribution >= 0.6 is 0 Å². The van der Waals surface area contributed by atoms with Gasteiger partial charge < -0.3 is 9.47 Å². The lowest BCUT2D eigenvalue weighted by molar-refractivity contribution is -0.113. The van der Waals surface area contributed by atoms with Gasteiger partial charge in [0.25, 0.3) is 5.91 Å². The molecule has 34 heavy (non-hydrogen) atoms. The van der Waals surface area contributed by atoms with E-state index < -0.39 is 10.0 Å². The summed E-state index contributed by atoms with van der Waals surface area (Å²) in [6.45, 7) is 0. The molecule has 0 aliphatic heterocycles. The van der Waals surface area contributed by atoms with Crippen LogP contribution in [0.1, 0.15) is 31.2 Å². The third-order valence-corrected chi connectivity index (χ3v) is 8.53. The molecule has 0 spiro atoms. The Morgan fingerprint density at radius 3 is 2.47 bits per heavy atom. The molecule has 2 bridgehead atoms. The SMILES string of the molecule is CN(C(=O)/C=C/c1ccc(-n2ccnc2)cc1)c1ccc(S(=O)(=O)NC2CC3CCC2C3)cc1. The summed E-state index contributed by atoms with van der Waals surface area (Å²) < 4.78 is 30.5. The van der Waals surface area contributed by atoms with Crippen molar-refractivity contribution in [1.82, 2.24) is 14.3 Å². The van der Waals surface area contributed by atoms with E-state index in [-0.39, 0.29) is 16.8 Å². The van der Waals surface area contributed by atoms with Gasteiger partial charge in [-0.3, -0.25) is 4.79 Å². The van der Waals surface area contributed by atoms with Crippen LogP contribution in [0.15, 0.2) is 78.2 Å². The normalized spacial score (nSPS) is 21.9. The van der Waals surface area contributed by atoms with Gasteiger partial charge in [0.15, 0.2) is 0 Å². The van der Waals surface area contributed by atoms with Crippen LogP contribution in [-0.4, -0.2) is 37.0 Å². The zero-order valence-corrected chi connectivity index (χ0v) is 19.9. The molecule has 2 aliphatic rings. The van der Waals surface area contributed by atoms with Crippen molar-refractivity contribution in [3.8, 4) is 5.69 Å². The van der Waals surface area contributed by atoms with Crippen LogP contribution in [0.5, 0.6) is 0 Å². The standard InChI is InChI=1S/C26H28N4O3S/c1-29(26(31)13-5-19-3-7-23(8-4-19)30-15-14-27-18-30)22-9-11-24(12-10-22)34(32,33)28-25-17-20-2-6-21(25)16-20/h3-5,7-15,18,20-21,25,28H,2,6,16-17H2,1H3/b13-5+. The molecule has 5 rings (SSSR count). The number of benzene rings is 2. The van der Waals surface area contributed by atoms with Gasteiger partial charge in [-0.15, -0.1) is 0 Å². The van der Waals surface area contributed by atoms with Crippen LogP contribution in [0.3, 0.4) is 0 Å². The van der Waals surface area contributed by atoms with Gasteiger partial charge in [0.2, 0.25) is 10.0 Å². The van der Waals surface area contributed by atoms with E-state index in [1.54, 1.807) is 49.9 Å². The van der Waals surface area contributed by atoms with Crippen molar-refractivity contribution in [2.45, 2.75) is 36.6 Å². The molecule has 3 aromatic rings. The Kier molecular flexibility index (Phi) is 6.10. The number of imidazole rings is 1. The molecule has 2 aliphatic carbocycles. The highest BCUT2D eigenvalue weighted by Crippen LogP contribution is 2.44. The van der Waals surface area contributed by atoms with Gasteiger partial charge >= 0.3 is 0 Å². The maximum Gasteiger partial charge on any atom is 0.250 e. The zero-order valence-electron chi connectivity index (χ0n) is 19.0. The van der Waals surface area contributed by atoms with Crippen LogP contribution in [0.4, 0.5) is 5.69 Å². The van der Waals surface area contributed by atoms with Crippen LogP contribution in [0.2, 0.25) is 0 Å². The molecule has 2 saturated carbocycles. The highest BCUT2D eigenvalue weighted by atomic mass is 32.2. The predicted octanol–water partition coefficient (Wildman–Crippen LogP) is 4.02. The summed E-state index contributed by atoms with van der Waals surface area (Å²) in [6.07, 6.45) is 13.0. The smallest absolute Gasteiger partial charge is 0.250 e. The van der Waals surface area contributed by atoms with Gasteiger partial charge in [-0.2, -0.15) is 0 Å². The van der Waals surface area contributed by atoms with Gasteiger partial charge in [0.1, 0.15) is 0 Å². The van der Waals surface area contributed by atoms with Crippen LogP contribution < -0.4 is 9.62 Å². The third-order valence-electron chi connectivity index (χ3n) is 7.02. The summed E-state index contributed by atoms with van der Waals surface area (Å²) in [4.78, 5) is 18.4. The van der Waals surface area contributed by atoms with E-state index >= 15 is 0 Å². The molecule has 0 saturated heterocycles. The summed E-state index contributed by atoms with van der Waals surface area (Å²) >= 11 is 0. The van der Waals surface area contributed by atoms with Gasteiger partial charge in [0.05, 0.1) is 11.2 Å². The Bertz CT molecular complexity index is 1280. The molecule has 2 fully saturated rings. The zero-order chi connectivity index (χ0) is 23.7. The number of hydrogen-bond acceptors (Lipinski definition) is 4. The van der Waals surface area contributed by atoms with Crippen molar-refractivity contribution in [1.29, 1.82) is 0 Å². The van der Waals surface area contributed by atoms with Gasteiger partial charge in [0, 0.05) is 42.9 Å². The van der Waals surface area contributed by atoms with Crippen molar-refractivity contribution in [2.75, 3.05) is 11.9 Å². The molecule has 3 atom stereocenters. The van der Waals surface area contributed by atoms with Crippen molar-refractivity contribution in [3.63, 3.8) is 0 Å². The fraction of sp³-hybridized carbons (Fsp3) is 0.308. The number of sulfonamides is 1. The number of hydrogen-bond donors (Lipinski definition) is 1. The third kappa shape index (κ3) is 4.69. The highest BCUT2D eigenvalue weighted by Gasteiger charge is 2.41. The Morgan fingerprint density at radius 2 is 1.85 bits per heavy atom. The van der Waals surface area contributed by atoms with E-state index in [4.69, 9.17) is 0 Å². The van der Waals surface area contributed by atoms with Gasteiger partial charge in [-0.25, -0.2) is 18.1 Å². The first-order valence-electron chi connectivity index (χ1n) is 11.6. The van der Waals surface area contributed by atoms with Crippen molar-refractivity contribution >= 4 is 27.7 Å². The summed E-state index contributed by atoms with van der Waals surface area (Å²) in [6, 6.07) is 14.3. The maximum absolute atomic E-state index is 12.8. The average Bonchev–Trinajstić information content (AvgIpc) is 3.61. The molecular formula is C26H28N4O3S. The minimum atomic E-state index is -3.57. The highest BCUT2D eigenvalue weighted by molar-refractivity contribution is 7.89. The lowest BCUT2D eigenvalue weighted by Gasteiger charge is -2.23. The molecule has 7 nitrogen and oxygen atoms in total. The summed E-state index contributed by atoms with van der Waals surface area (Å²) in [5, 5.41) is 0. The monoisotopic (exact) mass is 476 g/mol. The average molecular weight is 477 g/mol. The minimum Gasteiger partial charge on any atom is -0.312 e. The molecule has 2 aromatic carbocycles. The molecule has 1 amide bonds. The summed E-state index contributed by atoms with van der Waals surface area (Å²) in [5.74, 6) is 0.938. The Morgan fingerprint density at radius 1 is 1.09 bits per heavy atom. The van der Waals surface area contributed by atoms with E-state index in [1.807, 2.05) is 35.0 Å². The largest absolute Gasteiger partial charge is 0.312 e. The van der Waals surface area contributed by atoms with E-state index in [0.29, 0.717) is 17.5 Å². The van der Waals surface area contributed by atoms with Crippen molar-refractivity contribution in [2.24, 2.45) is 11.8 Å². The molecule has 3 unspecified atom stereocenters. The molecular weight excluding hydrogens is 448 g/mol. The first-order valence-corrected chi connectivity index (χ1v) is 13.0. The number of aromatic nitrogens is 2. The van der Waals surface area contributed by atoms with E-state index in [9.17, 15) is 13.2 Å². The quantitative estimate of drug-likeness (QED) is 0.522. The van der Waals surface area contributed by atoms with Gasteiger partial charge in [-0.05, 0) is 79.1 Å². The number of nitrogens with zero attached hydrogens (tertiary/aromatic N) is 3. The van der Waals surface area contributed by atoms with Gasteiger partial charge in [-0.1, -0.05) is 18.6 Å². The molecule has 0 radical (unpaired) electrons. The number of amides is 1. The first kappa shape index (κ1) is 22.6. The number of likely N-dealkylation sites (N-methyl/N-ethyl adjacent to an activating group) is 1. The van der Waals surface area contributed by atoms with Crippen molar-refractivity contribution < 1.29 is 13.2 Å². The second kappa shape index (κ2) is 9.19. The van der Waals surface area contributed by atoms with Crippen molar-refractivity contribution in [3.05, 3.63) is 78.9 Å². The molecule has 1 N–H and O–H groups in total. The van der Waals surface area contributed by atoms with Crippen LogP contribution in [0, 0.1) is 11.8 Å². The minimum absolute atomic E-state index is 0.0480.